The third-order valence-corrected chi connectivity index (χ3v) is 5.41. The summed E-state index contributed by atoms with van der Waals surface area (Å²) in [6, 6.07) is 9.99. The van der Waals surface area contributed by atoms with E-state index in [0.717, 1.165) is 29.3 Å². The van der Waals surface area contributed by atoms with Gasteiger partial charge < -0.3 is 10.1 Å². The van der Waals surface area contributed by atoms with Gasteiger partial charge in [-0.25, -0.2) is 4.52 Å². The second-order valence-corrected chi connectivity index (χ2v) is 7.61. The number of benzene rings is 2. The number of hydrogen-bond donors (Lipinski definition) is 1. The number of hydrogen-bond acceptors (Lipinski definition) is 5. The molecule has 0 spiro atoms. The molecular formula is C22H17ClF3N5O2. The molecule has 4 rings (SSSR count). The molecule has 1 amide bonds. The first-order valence-corrected chi connectivity index (χ1v) is 10.0. The molecule has 0 aliphatic heterocycles. The lowest BCUT2D eigenvalue weighted by molar-refractivity contribution is -0.137. The van der Waals surface area contributed by atoms with E-state index in [-0.39, 0.29) is 16.4 Å². The summed E-state index contributed by atoms with van der Waals surface area (Å²) >= 11 is 5.98. The number of ether oxygens (including phenoxy) is 1. The highest BCUT2D eigenvalue weighted by Gasteiger charge is 2.31. The van der Waals surface area contributed by atoms with Crippen LogP contribution in [0.5, 0.6) is 5.75 Å². The van der Waals surface area contributed by atoms with Crippen molar-refractivity contribution in [3.8, 4) is 16.9 Å². The highest BCUT2D eigenvalue weighted by atomic mass is 35.5. The minimum absolute atomic E-state index is 0.0419. The van der Waals surface area contributed by atoms with E-state index in [1.54, 1.807) is 33.1 Å². The van der Waals surface area contributed by atoms with Crippen molar-refractivity contribution in [3.05, 3.63) is 70.1 Å². The van der Waals surface area contributed by atoms with E-state index < -0.39 is 17.6 Å². The number of anilines is 1. The van der Waals surface area contributed by atoms with Crippen LogP contribution in [0, 0.1) is 13.8 Å². The first-order chi connectivity index (χ1) is 15.6. The standard InChI is InChI=1S/C22H17ClF3N5O2/c1-11-18(13-4-7-15(33-3)8-5-13)20-29-28-19(12(2)31(20)30-11)21(32)27-17-10-14(22(24,25)26)6-9-16(17)23/h4-10H,1-3H3,(H,27,32). The average molecular weight is 476 g/mol. The fourth-order valence-corrected chi connectivity index (χ4v) is 3.56. The molecule has 2 aromatic heterocycles. The monoisotopic (exact) mass is 475 g/mol. The van der Waals surface area contributed by atoms with Gasteiger partial charge >= 0.3 is 6.18 Å². The number of aryl methyl sites for hydroxylation is 2. The number of carbonyl (C=O) groups is 1. The molecule has 170 valence electrons. The Morgan fingerprint density at radius 3 is 2.42 bits per heavy atom. The van der Waals surface area contributed by atoms with Crippen LogP contribution < -0.4 is 10.1 Å². The van der Waals surface area contributed by atoms with Crippen molar-refractivity contribution in [1.29, 1.82) is 0 Å². The van der Waals surface area contributed by atoms with Gasteiger partial charge in [-0.2, -0.15) is 18.3 Å². The molecular weight excluding hydrogens is 459 g/mol. The maximum absolute atomic E-state index is 13.0. The van der Waals surface area contributed by atoms with E-state index in [1.807, 2.05) is 12.1 Å². The summed E-state index contributed by atoms with van der Waals surface area (Å²) in [5, 5.41) is 15.0. The Labute approximate surface area is 191 Å². The Bertz CT molecular complexity index is 1370. The van der Waals surface area contributed by atoms with Gasteiger partial charge in [0.1, 0.15) is 5.75 Å². The van der Waals surface area contributed by atoms with Gasteiger partial charge in [0, 0.05) is 0 Å². The smallest absolute Gasteiger partial charge is 0.416 e. The zero-order valence-electron chi connectivity index (χ0n) is 17.7. The van der Waals surface area contributed by atoms with Crippen molar-refractivity contribution >= 4 is 28.8 Å². The second-order valence-electron chi connectivity index (χ2n) is 7.20. The molecule has 7 nitrogen and oxygen atoms in total. The van der Waals surface area contributed by atoms with Crippen LogP contribution >= 0.6 is 11.6 Å². The fourth-order valence-electron chi connectivity index (χ4n) is 3.40. The zero-order chi connectivity index (χ0) is 23.9. The second kappa shape index (κ2) is 8.36. The Hall–Kier alpha value is -3.66. The Kier molecular flexibility index (Phi) is 5.71. The van der Waals surface area contributed by atoms with Gasteiger partial charge in [0.15, 0.2) is 11.3 Å². The maximum atomic E-state index is 13.0. The number of methoxy groups -OCH3 is 1. The summed E-state index contributed by atoms with van der Waals surface area (Å²) in [7, 11) is 1.57. The highest BCUT2D eigenvalue weighted by molar-refractivity contribution is 6.34. The van der Waals surface area contributed by atoms with Crippen LogP contribution in [0.15, 0.2) is 42.5 Å². The van der Waals surface area contributed by atoms with Crippen LogP contribution in [-0.2, 0) is 6.18 Å². The quantitative estimate of drug-likeness (QED) is 0.431. The maximum Gasteiger partial charge on any atom is 0.416 e. The van der Waals surface area contributed by atoms with Gasteiger partial charge in [-0.1, -0.05) is 23.7 Å². The van der Waals surface area contributed by atoms with E-state index in [1.165, 1.54) is 4.52 Å². The number of halogens is 4. The number of nitrogens with zero attached hydrogens (tertiary/aromatic N) is 4. The van der Waals surface area contributed by atoms with Gasteiger partial charge in [-0.3, -0.25) is 4.79 Å². The summed E-state index contributed by atoms with van der Waals surface area (Å²) in [4.78, 5) is 12.8. The molecule has 0 atom stereocenters. The van der Waals surface area contributed by atoms with Crippen molar-refractivity contribution < 1.29 is 22.7 Å². The van der Waals surface area contributed by atoms with Crippen LogP contribution in [0.2, 0.25) is 5.02 Å². The van der Waals surface area contributed by atoms with E-state index in [4.69, 9.17) is 16.3 Å². The molecule has 33 heavy (non-hydrogen) atoms. The number of fused-ring (bicyclic) bond motifs is 1. The van der Waals surface area contributed by atoms with Crippen LogP contribution in [0.4, 0.5) is 18.9 Å². The molecule has 0 bridgehead atoms. The van der Waals surface area contributed by atoms with E-state index in [9.17, 15) is 18.0 Å². The molecule has 0 aliphatic carbocycles. The minimum Gasteiger partial charge on any atom is -0.497 e. The number of amides is 1. The van der Waals surface area contributed by atoms with E-state index in [0.29, 0.717) is 22.8 Å². The van der Waals surface area contributed by atoms with Gasteiger partial charge in [0.05, 0.1) is 40.3 Å². The summed E-state index contributed by atoms with van der Waals surface area (Å²) in [5.41, 5.74) is 1.81. The van der Waals surface area contributed by atoms with E-state index >= 15 is 0 Å². The summed E-state index contributed by atoms with van der Waals surface area (Å²) < 4.78 is 45.7. The molecule has 0 fully saturated rings. The third-order valence-electron chi connectivity index (χ3n) is 5.08. The van der Waals surface area contributed by atoms with Crippen LogP contribution in [0.3, 0.4) is 0 Å². The van der Waals surface area contributed by atoms with Crippen molar-refractivity contribution in [2.45, 2.75) is 20.0 Å². The molecule has 0 radical (unpaired) electrons. The summed E-state index contributed by atoms with van der Waals surface area (Å²) in [6.07, 6.45) is -4.58. The number of nitrogens with one attached hydrogen (secondary N) is 1. The molecule has 2 heterocycles. The van der Waals surface area contributed by atoms with E-state index in [2.05, 4.69) is 20.6 Å². The predicted octanol–water partition coefficient (Wildman–Crippen LogP) is 5.34. The molecule has 2 aromatic carbocycles. The first-order valence-electron chi connectivity index (χ1n) is 9.65. The minimum atomic E-state index is -4.58. The highest BCUT2D eigenvalue weighted by Crippen LogP contribution is 2.34. The lowest BCUT2D eigenvalue weighted by Gasteiger charge is -2.12. The largest absolute Gasteiger partial charge is 0.497 e. The normalized spacial score (nSPS) is 11.6. The lowest BCUT2D eigenvalue weighted by atomic mass is 10.1. The Balaban J connectivity index is 1.71. The first kappa shape index (κ1) is 22.5. The number of alkyl halides is 3. The van der Waals surface area contributed by atoms with Crippen molar-refractivity contribution in [3.63, 3.8) is 0 Å². The molecule has 0 saturated heterocycles. The van der Waals surface area contributed by atoms with Gasteiger partial charge in [0.25, 0.3) is 5.91 Å². The van der Waals surface area contributed by atoms with Crippen molar-refractivity contribution in [2.24, 2.45) is 0 Å². The molecule has 0 saturated carbocycles. The molecule has 4 aromatic rings. The van der Waals surface area contributed by atoms with Crippen molar-refractivity contribution in [2.75, 3.05) is 12.4 Å². The van der Waals surface area contributed by atoms with Gasteiger partial charge in [0.2, 0.25) is 0 Å². The number of carbonyl (C=O) groups excluding carboxylic acids is 1. The zero-order valence-corrected chi connectivity index (χ0v) is 18.4. The average Bonchev–Trinajstić information content (AvgIpc) is 3.11. The van der Waals surface area contributed by atoms with Crippen molar-refractivity contribution in [1.82, 2.24) is 19.8 Å². The van der Waals surface area contributed by atoms with Gasteiger partial charge in [-0.15, -0.1) is 10.2 Å². The Morgan fingerprint density at radius 1 is 1.09 bits per heavy atom. The molecule has 0 aliphatic rings. The topological polar surface area (TPSA) is 81.4 Å². The third kappa shape index (κ3) is 4.21. The molecule has 0 unspecified atom stereocenters. The molecule has 1 N–H and O–H groups in total. The molecule has 11 heteroatoms. The summed E-state index contributed by atoms with van der Waals surface area (Å²) in [6.45, 7) is 3.42. The van der Waals surface area contributed by atoms with Crippen LogP contribution in [0.25, 0.3) is 16.8 Å². The Morgan fingerprint density at radius 2 is 1.79 bits per heavy atom. The predicted molar refractivity (Wildman–Crippen MR) is 117 cm³/mol. The number of rotatable bonds is 4. The van der Waals surface area contributed by atoms with Crippen LogP contribution in [-0.4, -0.2) is 32.8 Å². The fraction of sp³-hybridized carbons (Fsp3) is 0.182. The van der Waals surface area contributed by atoms with Crippen LogP contribution in [0.1, 0.15) is 27.4 Å². The van der Waals surface area contributed by atoms with Gasteiger partial charge in [-0.05, 0) is 49.7 Å². The SMILES string of the molecule is COc1ccc(-c2c(C)nn3c(C)c(C(=O)Nc4cc(C(F)(F)F)ccc4Cl)nnc23)cc1. The lowest BCUT2D eigenvalue weighted by Crippen LogP contribution is -2.19. The number of aromatic nitrogens is 4. The summed E-state index contributed by atoms with van der Waals surface area (Å²) in [5.74, 6) is -0.0652.